The highest BCUT2D eigenvalue weighted by atomic mass is 127. The van der Waals surface area contributed by atoms with Crippen LogP contribution in [0, 0.1) is 0 Å². The average molecular weight is 448 g/mol. The Morgan fingerprint density at radius 2 is 1.96 bits per heavy atom. The lowest BCUT2D eigenvalue weighted by molar-refractivity contribution is 0.0955. The number of carbonyl (C=O) groups is 1. The third-order valence-electron chi connectivity index (χ3n) is 3.09. The first-order chi connectivity index (χ1) is 11.1. The molecule has 24 heavy (non-hydrogen) atoms. The predicted molar refractivity (Wildman–Crippen MR) is 109 cm³/mol. The summed E-state index contributed by atoms with van der Waals surface area (Å²) in [5, 5.41) is 9.29. The van der Waals surface area contributed by atoms with E-state index in [1.54, 1.807) is 7.11 Å². The number of carbonyl (C=O) groups excluding carboxylic acids is 1. The van der Waals surface area contributed by atoms with Crippen molar-refractivity contribution >= 4 is 35.8 Å². The van der Waals surface area contributed by atoms with Crippen LogP contribution in [-0.4, -0.2) is 44.7 Å². The molecule has 0 aliphatic rings. The Hall–Kier alpha value is -1.35. The minimum Gasteiger partial charge on any atom is -0.383 e. The van der Waals surface area contributed by atoms with E-state index in [9.17, 15) is 4.79 Å². The molecule has 0 saturated carbocycles. The van der Waals surface area contributed by atoms with Crippen molar-refractivity contribution in [3.05, 3.63) is 35.4 Å². The molecule has 1 rings (SSSR count). The average Bonchev–Trinajstić information content (AvgIpc) is 2.53. The zero-order valence-electron chi connectivity index (χ0n) is 14.9. The molecule has 0 bridgehead atoms. The van der Waals surface area contributed by atoms with E-state index in [0.717, 1.165) is 18.1 Å². The van der Waals surface area contributed by atoms with Crippen molar-refractivity contribution in [2.24, 2.45) is 4.99 Å². The molecule has 3 N–H and O–H groups in total. The second-order valence-electron chi connectivity index (χ2n) is 5.26. The Morgan fingerprint density at radius 1 is 1.25 bits per heavy atom. The van der Waals surface area contributed by atoms with Gasteiger partial charge in [0.25, 0.3) is 5.91 Å². The van der Waals surface area contributed by atoms with Crippen LogP contribution >= 0.6 is 24.0 Å². The molecule has 1 aromatic carbocycles. The summed E-state index contributed by atoms with van der Waals surface area (Å²) in [6.45, 7) is 8.47. The number of amides is 1. The van der Waals surface area contributed by atoms with E-state index < -0.39 is 0 Å². The molecule has 0 aliphatic heterocycles. The molecule has 0 aliphatic carbocycles. The molecule has 1 unspecified atom stereocenters. The lowest BCUT2D eigenvalue weighted by Crippen LogP contribution is -2.43. The van der Waals surface area contributed by atoms with Gasteiger partial charge in [0, 0.05) is 31.8 Å². The molecule has 1 aromatic rings. The normalized spacial score (nSPS) is 12.1. The molecule has 0 heterocycles. The number of benzene rings is 1. The number of hydrogen-bond acceptors (Lipinski definition) is 3. The van der Waals surface area contributed by atoms with Crippen molar-refractivity contribution in [1.82, 2.24) is 16.0 Å². The summed E-state index contributed by atoms with van der Waals surface area (Å²) >= 11 is 0. The van der Waals surface area contributed by atoms with E-state index in [1.165, 1.54) is 0 Å². The summed E-state index contributed by atoms with van der Waals surface area (Å²) < 4.78 is 5.12. The molecule has 0 saturated heterocycles. The van der Waals surface area contributed by atoms with Crippen LogP contribution in [0.15, 0.2) is 29.3 Å². The molecule has 0 aromatic heterocycles. The molecule has 0 spiro atoms. The molecular weight excluding hydrogens is 419 g/mol. The first-order valence-electron chi connectivity index (χ1n) is 8.01. The minimum absolute atomic E-state index is 0. The number of aliphatic imine (C=N–C) groups is 1. The maximum Gasteiger partial charge on any atom is 0.251 e. The van der Waals surface area contributed by atoms with Crippen LogP contribution in [0.25, 0.3) is 0 Å². The van der Waals surface area contributed by atoms with Crippen molar-refractivity contribution in [2.45, 2.75) is 33.4 Å². The minimum atomic E-state index is -0.0583. The summed E-state index contributed by atoms with van der Waals surface area (Å²) in [5.41, 5.74) is 1.65. The summed E-state index contributed by atoms with van der Waals surface area (Å²) in [4.78, 5) is 16.4. The van der Waals surface area contributed by atoms with E-state index >= 15 is 0 Å². The number of methoxy groups -OCH3 is 1. The fourth-order valence-corrected chi connectivity index (χ4v) is 2.09. The van der Waals surface area contributed by atoms with E-state index in [0.29, 0.717) is 25.3 Å². The lowest BCUT2D eigenvalue weighted by atomic mass is 10.1. The van der Waals surface area contributed by atoms with Crippen LogP contribution in [0.1, 0.15) is 36.7 Å². The fraction of sp³-hybridized carbons (Fsp3) is 0.529. The van der Waals surface area contributed by atoms with Gasteiger partial charge in [-0.05, 0) is 38.5 Å². The summed E-state index contributed by atoms with van der Waals surface area (Å²) in [6.07, 6.45) is 0. The van der Waals surface area contributed by atoms with Crippen LogP contribution in [0.4, 0.5) is 0 Å². The van der Waals surface area contributed by atoms with E-state index in [1.807, 2.05) is 45.0 Å². The molecular formula is C17H29IN4O2. The van der Waals surface area contributed by atoms with Crippen LogP contribution in [0.3, 0.4) is 0 Å². The Labute approximate surface area is 161 Å². The SMILES string of the molecule is CCNC(=O)c1cccc(CN=C(NCC)NC(C)COC)c1.I. The number of guanidine groups is 1. The van der Waals surface area contributed by atoms with E-state index in [-0.39, 0.29) is 35.9 Å². The van der Waals surface area contributed by atoms with Gasteiger partial charge >= 0.3 is 0 Å². The summed E-state index contributed by atoms with van der Waals surface area (Å²) in [6, 6.07) is 7.69. The molecule has 7 heteroatoms. The number of halogens is 1. The van der Waals surface area contributed by atoms with Crippen molar-refractivity contribution in [3.63, 3.8) is 0 Å². The van der Waals surface area contributed by atoms with Crippen molar-refractivity contribution in [3.8, 4) is 0 Å². The van der Waals surface area contributed by atoms with Crippen LogP contribution in [-0.2, 0) is 11.3 Å². The predicted octanol–water partition coefficient (Wildman–Crippen LogP) is 2.14. The third-order valence-corrected chi connectivity index (χ3v) is 3.09. The third kappa shape index (κ3) is 8.49. The van der Waals surface area contributed by atoms with Crippen molar-refractivity contribution in [2.75, 3.05) is 26.8 Å². The van der Waals surface area contributed by atoms with Gasteiger partial charge in [-0.15, -0.1) is 24.0 Å². The highest BCUT2D eigenvalue weighted by molar-refractivity contribution is 14.0. The molecule has 1 atom stereocenters. The monoisotopic (exact) mass is 448 g/mol. The highest BCUT2D eigenvalue weighted by Gasteiger charge is 2.06. The fourth-order valence-electron chi connectivity index (χ4n) is 2.09. The van der Waals surface area contributed by atoms with Gasteiger partial charge in [0.05, 0.1) is 13.2 Å². The first kappa shape index (κ1) is 22.6. The zero-order valence-corrected chi connectivity index (χ0v) is 17.2. The van der Waals surface area contributed by atoms with Gasteiger partial charge in [0.15, 0.2) is 5.96 Å². The summed E-state index contributed by atoms with van der Waals surface area (Å²) in [7, 11) is 1.68. The molecule has 136 valence electrons. The van der Waals surface area contributed by atoms with Gasteiger partial charge in [-0.1, -0.05) is 12.1 Å². The second kappa shape index (κ2) is 13.0. The van der Waals surface area contributed by atoms with Crippen LogP contribution in [0.5, 0.6) is 0 Å². The Kier molecular flexibility index (Phi) is 12.3. The number of hydrogen-bond donors (Lipinski definition) is 3. The van der Waals surface area contributed by atoms with Crippen LogP contribution < -0.4 is 16.0 Å². The van der Waals surface area contributed by atoms with Gasteiger partial charge in [-0.25, -0.2) is 4.99 Å². The molecule has 6 nitrogen and oxygen atoms in total. The maximum absolute atomic E-state index is 11.9. The Morgan fingerprint density at radius 3 is 2.58 bits per heavy atom. The first-order valence-corrected chi connectivity index (χ1v) is 8.01. The van der Waals surface area contributed by atoms with Gasteiger partial charge in [-0.2, -0.15) is 0 Å². The van der Waals surface area contributed by atoms with E-state index in [2.05, 4.69) is 20.9 Å². The lowest BCUT2D eigenvalue weighted by Gasteiger charge is -2.17. The number of nitrogens with zero attached hydrogens (tertiary/aromatic N) is 1. The summed E-state index contributed by atoms with van der Waals surface area (Å²) in [5.74, 6) is 0.678. The standard InChI is InChI=1S/C17H28N4O2.HI/c1-5-18-16(22)15-9-7-8-14(10-15)11-20-17(19-6-2)21-13(3)12-23-4;/h7-10,13H,5-6,11-12H2,1-4H3,(H,18,22)(H2,19,20,21);1H. The van der Waals surface area contributed by atoms with E-state index in [4.69, 9.17) is 4.74 Å². The van der Waals surface area contributed by atoms with Gasteiger partial charge in [-0.3, -0.25) is 4.79 Å². The molecule has 1 amide bonds. The van der Waals surface area contributed by atoms with Crippen molar-refractivity contribution < 1.29 is 9.53 Å². The van der Waals surface area contributed by atoms with Gasteiger partial charge in [0.2, 0.25) is 0 Å². The quantitative estimate of drug-likeness (QED) is 0.324. The Bertz CT molecular complexity index is 523. The Balaban J connectivity index is 0.00000529. The maximum atomic E-state index is 11.9. The topological polar surface area (TPSA) is 74.8 Å². The van der Waals surface area contributed by atoms with Gasteiger partial charge < -0.3 is 20.7 Å². The highest BCUT2D eigenvalue weighted by Crippen LogP contribution is 2.06. The number of nitrogens with one attached hydrogen (secondary N) is 3. The zero-order chi connectivity index (χ0) is 17.1. The van der Waals surface area contributed by atoms with Gasteiger partial charge in [0.1, 0.15) is 0 Å². The van der Waals surface area contributed by atoms with Crippen LogP contribution in [0.2, 0.25) is 0 Å². The van der Waals surface area contributed by atoms with Crippen molar-refractivity contribution in [1.29, 1.82) is 0 Å². The smallest absolute Gasteiger partial charge is 0.251 e. The second-order valence-corrected chi connectivity index (χ2v) is 5.26. The molecule has 0 fully saturated rings. The largest absolute Gasteiger partial charge is 0.383 e. The number of rotatable bonds is 8. The number of ether oxygens (including phenoxy) is 1. The molecule has 0 radical (unpaired) electrons.